The second kappa shape index (κ2) is 6.56. The van der Waals surface area contributed by atoms with Crippen molar-refractivity contribution in [3.63, 3.8) is 0 Å². The van der Waals surface area contributed by atoms with Crippen LogP contribution in [-0.4, -0.2) is 44.0 Å². The molecule has 0 heterocycles. The number of carbonyl (C=O) groups is 2. The third-order valence-corrected chi connectivity index (χ3v) is 1.57. The molecule has 0 fully saturated rings. The molecule has 0 saturated heterocycles. The summed E-state index contributed by atoms with van der Waals surface area (Å²) < 4.78 is 0.282. The standard InChI is InChI=1S/C9H16N2O2.ClH/c1-5-8(12)10-7-6-9(13)11(2,3)4;/h5H,1,6-7H2,2-4H3;1H. The summed E-state index contributed by atoms with van der Waals surface area (Å²) in [7, 11) is 5.41. The summed E-state index contributed by atoms with van der Waals surface area (Å²) >= 11 is 0. The lowest BCUT2D eigenvalue weighted by Gasteiger charge is -2.20. The lowest BCUT2D eigenvalue weighted by Crippen LogP contribution is -3.00. The van der Waals surface area contributed by atoms with E-state index in [1.54, 1.807) is 21.1 Å². The minimum atomic E-state index is -0.241. The average molecular weight is 221 g/mol. The van der Waals surface area contributed by atoms with Crippen molar-refractivity contribution in [1.82, 2.24) is 5.32 Å². The first-order chi connectivity index (χ1) is 5.88. The number of hydrogen-bond acceptors (Lipinski definition) is 2. The number of hydrogen-bond donors (Lipinski definition) is 1. The summed E-state index contributed by atoms with van der Waals surface area (Å²) in [6.07, 6.45) is 1.54. The molecule has 2 amide bonds. The molecule has 0 bridgehead atoms. The Morgan fingerprint density at radius 3 is 2.21 bits per heavy atom. The van der Waals surface area contributed by atoms with Crippen LogP contribution in [0.2, 0.25) is 0 Å². The number of nitrogens with zero attached hydrogens (tertiary/aromatic N) is 1. The monoisotopic (exact) mass is 220 g/mol. The first kappa shape index (κ1) is 15.6. The van der Waals surface area contributed by atoms with E-state index in [1.807, 2.05) is 0 Å². The average Bonchev–Trinajstić information content (AvgIpc) is 2.02. The number of quaternary nitrogens is 1. The van der Waals surface area contributed by atoms with Gasteiger partial charge in [-0.05, 0) is 6.08 Å². The van der Waals surface area contributed by atoms with Gasteiger partial charge < -0.3 is 17.7 Å². The fraction of sp³-hybridized carbons (Fsp3) is 0.556. The fourth-order valence-electron chi connectivity index (χ4n) is 0.700. The van der Waals surface area contributed by atoms with Crippen LogP contribution in [0.4, 0.5) is 0 Å². The fourth-order valence-corrected chi connectivity index (χ4v) is 0.700. The molecule has 0 aromatic carbocycles. The van der Waals surface area contributed by atoms with Crippen LogP contribution in [0.1, 0.15) is 6.42 Å². The SMILES string of the molecule is C=CC(=O)NCCC(=O)[N+](C)(C)C.[Cl-]. The van der Waals surface area contributed by atoms with Crippen molar-refractivity contribution in [3.05, 3.63) is 12.7 Å². The summed E-state index contributed by atoms with van der Waals surface area (Å²) in [5.74, 6) is -0.154. The zero-order valence-electron chi connectivity index (χ0n) is 8.84. The molecular weight excluding hydrogens is 204 g/mol. The largest absolute Gasteiger partial charge is 1.00 e. The summed E-state index contributed by atoms with van der Waals surface area (Å²) in [4.78, 5) is 22.0. The molecule has 0 unspecified atom stereocenters. The van der Waals surface area contributed by atoms with Gasteiger partial charge in [0.15, 0.2) is 0 Å². The van der Waals surface area contributed by atoms with E-state index in [9.17, 15) is 9.59 Å². The first-order valence-corrected chi connectivity index (χ1v) is 4.13. The van der Waals surface area contributed by atoms with Crippen molar-refractivity contribution in [3.8, 4) is 0 Å². The number of nitrogens with one attached hydrogen (secondary N) is 1. The van der Waals surface area contributed by atoms with Gasteiger partial charge in [-0.2, -0.15) is 0 Å². The van der Waals surface area contributed by atoms with E-state index < -0.39 is 0 Å². The molecule has 0 aromatic rings. The molecule has 0 aliphatic carbocycles. The van der Waals surface area contributed by atoms with Gasteiger partial charge in [0, 0.05) is 6.54 Å². The molecule has 0 aliphatic heterocycles. The Balaban J connectivity index is 0. The highest BCUT2D eigenvalue weighted by atomic mass is 35.5. The van der Waals surface area contributed by atoms with Crippen LogP contribution in [0.25, 0.3) is 0 Å². The normalized spacial score (nSPS) is 9.93. The van der Waals surface area contributed by atoms with Crippen molar-refractivity contribution in [2.45, 2.75) is 6.42 Å². The van der Waals surface area contributed by atoms with Gasteiger partial charge in [0.2, 0.25) is 5.91 Å². The molecule has 14 heavy (non-hydrogen) atoms. The number of rotatable bonds is 4. The zero-order chi connectivity index (χ0) is 10.5. The van der Waals surface area contributed by atoms with Crippen LogP contribution in [-0.2, 0) is 9.59 Å². The topological polar surface area (TPSA) is 46.2 Å². The molecule has 82 valence electrons. The Bertz CT molecular complexity index is 221. The van der Waals surface area contributed by atoms with E-state index in [-0.39, 0.29) is 28.7 Å². The maximum Gasteiger partial charge on any atom is 0.314 e. The number of halogens is 1. The van der Waals surface area contributed by atoms with Crippen LogP contribution in [0, 0.1) is 0 Å². The van der Waals surface area contributed by atoms with E-state index in [0.717, 1.165) is 0 Å². The van der Waals surface area contributed by atoms with E-state index >= 15 is 0 Å². The smallest absolute Gasteiger partial charge is 0.314 e. The summed E-state index contributed by atoms with van der Waals surface area (Å²) in [5, 5.41) is 2.55. The van der Waals surface area contributed by atoms with Gasteiger partial charge in [0.05, 0.1) is 27.6 Å². The predicted molar refractivity (Wildman–Crippen MR) is 50.9 cm³/mol. The molecule has 4 nitrogen and oxygen atoms in total. The Morgan fingerprint density at radius 1 is 1.36 bits per heavy atom. The number of amides is 2. The van der Waals surface area contributed by atoms with E-state index in [2.05, 4.69) is 11.9 Å². The van der Waals surface area contributed by atoms with E-state index in [1.165, 1.54) is 6.08 Å². The summed E-state index contributed by atoms with van der Waals surface area (Å²) in [6, 6.07) is 0. The predicted octanol–water partition coefficient (Wildman–Crippen LogP) is -3.08. The molecule has 0 aliphatic rings. The molecule has 0 rings (SSSR count). The van der Waals surface area contributed by atoms with Crippen LogP contribution in [0.5, 0.6) is 0 Å². The molecule has 1 N–H and O–H groups in total. The molecule has 0 spiro atoms. The van der Waals surface area contributed by atoms with Gasteiger partial charge in [-0.25, -0.2) is 4.79 Å². The summed E-state index contributed by atoms with van der Waals surface area (Å²) in [6.45, 7) is 3.68. The maximum absolute atomic E-state index is 11.3. The summed E-state index contributed by atoms with van der Waals surface area (Å²) in [5.41, 5.74) is 0. The molecule has 0 aromatic heterocycles. The zero-order valence-corrected chi connectivity index (χ0v) is 9.60. The highest BCUT2D eigenvalue weighted by Crippen LogP contribution is 1.95. The maximum atomic E-state index is 11.3. The van der Waals surface area contributed by atoms with Crippen LogP contribution in [0.15, 0.2) is 12.7 Å². The van der Waals surface area contributed by atoms with Crippen LogP contribution in [0.3, 0.4) is 0 Å². The van der Waals surface area contributed by atoms with E-state index in [0.29, 0.717) is 13.0 Å². The van der Waals surface area contributed by atoms with Crippen molar-refractivity contribution in [2.24, 2.45) is 0 Å². The van der Waals surface area contributed by atoms with Crippen LogP contribution < -0.4 is 17.7 Å². The van der Waals surface area contributed by atoms with Crippen molar-refractivity contribution < 1.29 is 26.5 Å². The Morgan fingerprint density at radius 2 is 1.86 bits per heavy atom. The van der Waals surface area contributed by atoms with Gasteiger partial charge in [0.25, 0.3) is 0 Å². The number of carbonyl (C=O) groups excluding carboxylic acids is 2. The lowest BCUT2D eigenvalue weighted by molar-refractivity contribution is -0.792. The van der Waals surface area contributed by atoms with E-state index in [4.69, 9.17) is 0 Å². The Hall–Kier alpha value is -0.870. The van der Waals surface area contributed by atoms with Crippen molar-refractivity contribution in [1.29, 1.82) is 0 Å². The van der Waals surface area contributed by atoms with Crippen LogP contribution >= 0.6 is 0 Å². The first-order valence-electron chi connectivity index (χ1n) is 4.13. The van der Waals surface area contributed by atoms with Gasteiger partial charge in [-0.15, -0.1) is 0 Å². The molecule has 0 saturated carbocycles. The van der Waals surface area contributed by atoms with Gasteiger partial charge in [0.1, 0.15) is 0 Å². The molecule has 5 heteroatoms. The minimum Gasteiger partial charge on any atom is -1.00 e. The van der Waals surface area contributed by atoms with Gasteiger partial charge >= 0.3 is 5.91 Å². The molecular formula is C9H17ClN2O2. The van der Waals surface area contributed by atoms with Crippen molar-refractivity contribution in [2.75, 3.05) is 27.7 Å². The highest BCUT2D eigenvalue weighted by Gasteiger charge is 2.19. The Labute approximate surface area is 91.0 Å². The highest BCUT2D eigenvalue weighted by molar-refractivity contribution is 5.87. The van der Waals surface area contributed by atoms with Gasteiger partial charge in [-0.3, -0.25) is 9.28 Å². The second-order valence-corrected chi connectivity index (χ2v) is 3.65. The van der Waals surface area contributed by atoms with Gasteiger partial charge in [-0.1, -0.05) is 6.58 Å². The Kier molecular flexibility index (Phi) is 7.31. The third-order valence-electron chi connectivity index (χ3n) is 1.57. The quantitative estimate of drug-likeness (QED) is 0.404. The third kappa shape index (κ3) is 6.62. The lowest BCUT2D eigenvalue weighted by atomic mass is 10.3. The molecule has 0 radical (unpaired) electrons. The van der Waals surface area contributed by atoms with Crippen molar-refractivity contribution >= 4 is 11.8 Å². The molecule has 0 atom stereocenters. The second-order valence-electron chi connectivity index (χ2n) is 3.65. The minimum absolute atomic E-state index is 0.